The van der Waals surface area contributed by atoms with E-state index in [9.17, 15) is 4.79 Å². The van der Waals surface area contributed by atoms with E-state index in [0.29, 0.717) is 17.7 Å². The first-order chi connectivity index (χ1) is 8.58. The molecule has 0 aliphatic heterocycles. The molecule has 0 saturated carbocycles. The van der Waals surface area contributed by atoms with Crippen LogP contribution in [0.3, 0.4) is 0 Å². The van der Waals surface area contributed by atoms with Gasteiger partial charge in [0.15, 0.2) is 0 Å². The smallest absolute Gasteiger partial charge is 0.241 e. The average Bonchev–Trinajstić information content (AvgIpc) is 2.38. The lowest BCUT2D eigenvalue weighted by molar-refractivity contribution is -0.117. The minimum absolute atomic E-state index is 0.193. The van der Waals surface area contributed by atoms with Crippen LogP contribution in [0, 0.1) is 18.3 Å². The van der Waals surface area contributed by atoms with Crippen LogP contribution >= 0.6 is 0 Å². The molecule has 18 heavy (non-hydrogen) atoms. The van der Waals surface area contributed by atoms with Gasteiger partial charge in [0.25, 0.3) is 0 Å². The molecule has 1 aromatic carbocycles. The van der Waals surface area contributed by atoms with Crippen LogP contribution in [0.25, 0.3) is 0 Å². The molecule has 0 bridgehead atoms. The molecule has 0 radical (unpaired) electrons. The zero-order valence-electron chi connectivity index (χ0n) is 10.9. The van der Waals surface area contributed by atoms with Gasteiger partial charge in [0, 0.05) is 5.69 Å². The number of nitrogens with two attached hydrogens (primary N) is 1. The Balaban J connectivity index is 2.72. The molecule has 0 fully saturated rings. The highest BCUT2D eigenvalue weighted by atomic mass is 16.2. The number of nitriles is 1. The fourth-order valence-corrected chi connectivity index (χ4v) is 1.61. The summed E-state index contributed by atoms with van der Waals surface area (Å²) in [6.07, 6.45) is 2.63. The normalized spacial score (nSPS) is 11.7. The van der Waals surface area contributed by atoms with Gasteiger partial charge in [-0.05, 0) is 31.0 Å². The van der Waals surface area contributed by atoms with Gasteiger partial charge in [-0.3, -0.25) is 4.79 Å². The third-order valence-corrected chi connectivity index (χ3v) is 2.83. The first-order valence-corrected chi connectivity index (χ1v) is 6.15. The Kier molecular flexibility index (Phi) is 5.34. The first kappa shape index (κ1) is 14.2. The molecule has 4 heteroatoms. The molecule has 0 aliphatic carbocycles. The summed E-state index contributed by atoms with van der Waals surface area (Å²) in [5.74, 6) is -0.193. The second kappa shape index (κ2) is 6.77. The summed E-state index contributed by atoms with van der Waals surface area (Å²) in [6, 6.07) is 6.76. The van der Waals surface area contributed by atoms with Crippen molar-refractivity contribution in [2.24, 2.45) is 5.73 Å². The number of nitrogens with one attached hydrogen (secondary N) is 1. The van der Waals surface area contributed by atoms with Gasteiger partial charge >= 0.3 is 0 Å². The van der Waals surface area contributed by atoms with E-state index in [1.54, 1.807) is 12.1 Å². The van der Waals surface area contributed by atoms with E-state index in [4.69, 9.17) is 11.0 Å². The van der Waals surface area contributed by atoms with E-state index < -0.39 is 6.04 Å². The Bertz CT molecular complexity index is 463. The van der Waals surface area contributed by atoms with Crippen LogP contribution in [0.4, 0.5) is 5.69 Å². The van der Waals surface area contributed by atoms with Crippen molar-refractivity contribution in [3.8, 4) is 6.07 Å². The van der Waals surface area contributed by atoms with Gasteiger partial charge in [-0.25, -0.2) is 0 Å². The molecule has 3 N–H and O–H groups in total. The Morgan fingerprint density at radius 1 is 1.56 bits per heavy atom. The average molecular weight is 245 g/mol. The number of hydrogen-bond acceptors (Lipinski definition) is 3. The molecular formula is C14H19N3O. The van der Waals surface area contributed by atoms with Gasteiger partial charge in [-0.15, -0.1) is 0 Å². The number of carbonyl (C=O) groups excluding carboxylic acids is 1. The van der Waals surface area contributed by atoms with E-state index in [1.165, 1.54) is 0 Å². The van der Waals surface area contributed by atoms with Gasteiger partial charge in [0.1, 0.15) is 0 Å². The Hall–Kier alpha value is -1.86. The molecule has 0 spiro atoms. The summed E-state index contributed by atoms with van der Waals surface area (Å²) in [7, 11) is 0. The Morgan fingerprint density at radius 2 is 2.28 bits per heavy atom. The number of hydrogen-bond donors (Lipinski definition) is 2. The highest BCUT2D eigenvalue weighted by Gasteiger charge is 2.13. The lowest BCUT2D eigenvalue weighted by Gasteiger charge is -2.13. The molecule has 1 atom stereocenters. The highest BCUT2D eigenvalue weighted by Crippen LogP contribution is 2.16. The molecule has 0 saturated heterocycles. The number of unbranched alkanes of at least 4 members (excludes halogenated alkanes) is 1. The van der Waals surface area contributed by atoms with Crippen LogP contribution in [0.1, 0.15) is 37.3 Å². The van der Waals surface area contributed by atoms with Crippen molar-refractivity contribution in [2.45, 2.75) is 39.2 Å². The predicted molar refractivity (Wildman–Crippen MR) is 72.0 cm³/mol. The van der Waals surface area contributed by atoms with E-state index in [0.717, 1.165) is 18.4 Å². The van der Waals surface area contributed by atoms with E-state index >= 15 is 0 Å². The minimum Gasteiger partial charge on any atom is -0.324 e. The lowest BCUT2D eigenvalue weighted by Crippen LogP contribution is -2.35. The molecular weight excluding hydrogens is 226 g/mol. The van der Waals surface area contributed by atoms with Crippen molar-refractivity contribution in [2.75, 3.05) is 5.32 Å². The third kappa shape index (κ3) is 3.86. The van der Waals surface area contributed by atoms with Crippen LogP contribution < -0.4 is 11.1 Å². The number of carbonyl (C=O) groups is 1. The Labute approximate surface area is 108 Å². The highest BCUT2D eigenvalue weighted by molar-refractivity contribution is 5.95. The number of nitrogens with zero attached hydrogens (tertiary/aromatic N) is 1. The SMILES string of the molecule is CCCC[C@H](N)C(=O)Nc1cc(C#N)ccc1C. The second-order valence-electron chi connectivity index (χ2n) is 4.38. The first-order valence-electron chi connectivity index (χ1n) is 6.15. The topological polar surface area (TPSA) is 78.9 Å². The van der Waals surface area contributed by atoms with Gasteiger partial charge in [-0.2, -0.15) is 5.26 Å². The molecule has 0 unspecified atom stereocenters. The zero-order chi connectivity index (χ0) is 13.5. The lowest BCUT2D eigenvalue weighted by atomic mass is 10.1. The largest absolute Gasteiger partial charge is 0.324 e. The number of anilines is 1. The number of aryl methyl sites for hydroxylation is 1. The molecule has 4 nitrogen and oxygen atoms in total. The fraction of sp³-hybridized carbons (Fsp3) is 0.429. The molecule has 1 amide bonds. The maximum absolute atomic E-state index is 11.9. The molecule has 96 valence electrons. The maximum atomic E-state index is 11.9. The molecule has 1 rings (SSSR count). The molecule has 0 aromatic heterocycles. The minimum atomic E-state index is -0.491. The summed E-state index contributed by atoms with van der Waals surface area (Å²) in [5, 5.41) is 11.6. The van der Waals surface area contributed by atoms with Crippen molar-refractivity contribution < 1.29 is 4.79 Å². The van der Waals surface area contributed by atoms with Crippen molar-refractivity contribution in [3.05, 3.63) is 29.3 Å². The number of rotatable bonds is 5. The van der Waals surface area contributed by atoms with Crippen LogP contribution in [0.15, 0.2) is 18.2 Å². The second-order valence-corrected chi connectivity index (χ2v) is 4.38. The predicted octanol–water partition coefficient (Wildman–Crippen LogP) is 2.32. The summed E-state index contributed by atoms with van der Waals surface area (Å²) < 4.78 is 0. The van der Waals surface area contributed by atoms with Crippen molar-refractivity contribution in [1.82, 2.24) is 0 Å². The van der Waals surface area contributed by atoms with Crippen molar-refractivity contribution in [1.29, 1.82) is 5.26 Å². The number of benzene rings is 1. The van der Waals surface area contributed by atoms with Gasteiger partial charge in [0.2, 0.25) is 5.91 Å². The maximum Gasteiger partial charge on any atom is 0.241 e. The molecule has 0 aliphatic rings. The van der Waals surface area contributed by atoms with E-state index in [-0.39, 0.29) is 5.91 Å². The van der Waals surface area contributed by atoms with Crippen LogP contribution in [0.2, 0.25) is 0 Å². The van der Waals surface area contributed by atoms with Gasteiger partial charge in [-0.1, -0.05) is 25.8 Å². The standard InChI is InChI=1S/C14H19N3O/c1-3-4-5-12(16)14(18)17-13-8-11(9-15)7-6-10(13)2/h6-8,12H,3-5,16H2,1-2H3,(H,17,18)/t12-/m0/s1. The summed E-state index contributed by atoms with van der Waals surface area (Å²) >= 11 is 0. The molecule has 1 aromatic rings. The summed E-state index contributed by atoms with van der Waals surface area (Å²) in [6.45, 7) is 3.94. The number of amides is 1. The van der Waals surface area contributed by atoms with Gasteiger partial charge < -0.3 is 11.1 Å². The van der Waals surface area contributed by atoms with E-state index in [2.05, 4.69) is 12.2 Å². The van der Waals surface area contributed by atoms with Crippen LogP contribution in [0.5, 0.6) is 0 Å². The Morgan fingerprint density at radius 3 is 2.89 bits per heavy atom. The summed E-state index contributed by atoms with van der Waals surface area (Å²) in [5.41, 5.74) is 7.90. The third-order valence-electron chi connectivity index (χ3n) is 2.83. The van der Waals surface area contributed by atoms with Crippen LogP contribution in [-0.4, -0.2) is 11.9 Å². The van der Waals surface area contributed by atoms with Crippen molar-refractivity contribution in [3.63, 3.8) is 0 Å². The van der Waals surface area contributed by atoms with Crippen LogP contribution in [-0.2, 0) is 4.79 Å². The monoisotopic (exact) mass is 245 g/mol. The summed E-state index contributed by atoms with van der Waals surface area (Å²) in [4.78, 5) is 11.9. The van der Waals surface area contributed by atoms with E-state index in [1.807, 2.05) is 19.1 Å². The fourth-order valence-electron chi connectivity index (χ4n) is 1.61. The quantitative estimate of drug-likeness (QED) is 0.835. The van der Waals surface area contributed by atoms with Crippen molar-refractivity contribution >= 4 is 11.6 Å². The molecule has 0 heterocycles. The van der Waals surface area contributed by atoms with Gasteiger partial charge in [0.05, 0.1) is 17.7 Å². The zero-order valence-corrected chi connectivity index (χ0v) is 10.9.